The second-order valence-electron chi connectivity index (χ2n) is 5.24. The van der Waals surface area contributed by atoms with Gasteiger partial charge < -0.3 is 10.2 Å². The van der Waals surface area contributed by atoms with Crippen LogP contribution in [-0.2, 0) is 4.79 Å². The second kappa shape index (κ2) is 6.70. The maximum absolute atomic E-state index is 11.6. The van der Waals surface area contributed by atoms with E-state index in [1.54, 1.807) is 17.4 Å². The van der Waals surface area contributed by atoms with E-state index in [9.17, 15) is 4.79 Å². The minimum Gasteiger partial charge on any atom is -0.352 e. The van der Waals surface area contributed by atoms with E-state index in [1.165, 1.54) is 12.8 Å². The fourth-order valence-corrected chi connectivity index (χ4v) is 3.02. The van der Waals surface area contributed by atoms with Crippen molar-refractivity contribution in [2.24, 2.45) is 5.92 Å². The number of nitrogens with one attached hydrogen (secondary N) is 1. The largest absolute Gasteiger partial charge is 0.352 e. The van der Waals surface area contributed by atoms with Crippen LogP contribution in [0, 0.1) is 5.92 Å². The van der Waals surface area contributed by atoms with Gasteiger partial charge in [0, 0.05) is 37.3 Å². The number of rotatable bonds is 4. The molecule has 2 rings (SSSR count). The summed E-state index contributed by atoms with van der Waals surface area (Å²) in [5.74, 6) is 0.540. The lowest BCUT2D eigenvalue weighted by Crippen LogP contribution is -2.40. The van der Waals surface area contributed by atoms with Crippen molar-refractivity contribution in [3.8, 4) is 0 Å². The van der Waals surface area contributed by atoms with Gasteiger partial charge in [-0.2, -0.15) is 0 Å². The third-order valence-electron chi connectivity index (χ3n) is 3.19. The zero-order valence-electron chi connectivity index (χ0n) is 11.6. The highest BCUT2D eigenvalue weighted by atomic mass is 32.1. The summed E-state index contributed by atoms with van der Waals surface area (Å²) in [5.41, 5.74) is 1.03. The molecule has 1 N–H and O–H groups in total. The van der Waals surface area contributed by atoms with E-state index in [-0.39, 0.29) is 5.91 Å². The topological polar surface area (TPSA) is 45.2 Å². The van der Waals surface area contributed by atoms with Gasteiger partial charge >= 0.3 is 0 Å². The number of amides is 1. The van der Waals surface area contributed by atoms with Crippen LogP contribution in [0.25, 0.3) is 0 Å². The van der Waals surface area contributed by atoms with Gasteiger partial charge in [0.15, 0.2) is 5.13 Å². The molecule has 0 radical (unpaired) electrons. The van der Waals surface area contributed by atoms with Crippen LogP contribution < -0.4 is 10.2 Å². The number of carbonyl (C=O) groups excluding carboxylic acids is 1. The van der Waals surface area contributed by atoms with Crippen LogP contribution >= 0.6 is 11.3 Å². The Morgan fingerprint density at radius 2 is 2.47 bits per heavy atom. The molecule has 1 aromatic rings. The summed E-state index contributed by atoms with van der Waals surface area (Å²) in [6, 6.07) is 0. The number of nitrogens with zero attached hydrogens (tertiary/aromatic N) is 2. The van der Waals surface area contributed by atoms with Crippen molar-refractivity contribution in [2.45, 2.75) is 26.7 Å². The van der Waals surface area contributed by atoms with Gasteiger partial charge in [0.05, 0.1) is 0 Å². The first kappa shape index (κ1) is 14.1. The van der Waals surface area contributed by atoms with Crippen molar-refractivity contribution in [2.75, 3.05) is 24.5 Å². The molecule has 1 aromatic heterocycles. The second-order valence-corrected chi connectivity index (χ2v) is 6.11. The molecule has 0 aliphatic carbocycles. The first-order valence-electron chi connectivity index (χ1n) is 6.72. The van der Waals surface area contributed by atoms with Crippen LogP contribution in [0.4, 0.5) is 5.13 Å². The maximum Gasteiger partial charge on any atom is 0.243 e. The summed E-state index contributed by atoms with van der Waals surface area (Å²) in [6.45, 7) is 6.69. The Morgan fingerprint density at radius 3 is 3.16 bits per heavy atom. The third kappa shape index (κ3) is 4.35. The normalized spacial score (nSPS) is 19.1. The molecule has 1 aliphatic heterocycles. The molecular weight excluding hydrogens is 258 g/mol. The Bertz CT molecular complexity index is 438. The Balaban J connectivity index is 1.82. The van der Waals surface area contributed by atoms with Crippen LogP contribution in [0.5, 0.6) is 0 Å². The first-order chi connectivity index (χ1) is 9.15. The molecule has 1 unspecified atom stereocenters. The Hall–Kier alpha value is -1.36. The fraction of sp³-hybridized carbons (Fsp3) is 0.571. The van der Waals surface area contributed by atoms with Gasteiger partial charge in [-0.3, -0.25) is 4.79 Å². The number of piperidine rings is 1. The number of allylic oxidation sites excluding steroid dienone is 1. The SMILES string of the molecule is CC(C)=CC(=O)NCC1CCCN(c2nccs2)C1. The number of anilines is 1. The highest BCUT2D eigenvalue weighted by molar-refractivity contribution is 7.13. The predicted octanol–water partition coefficient (Wildman–Crippen LogP) is 2.44. The summed E-state index contributed by atoms with van der Waals surface area (Å²) in [4.78, 5) is 18.3. The molecule has 1 atom stereocenters. The quantitative estimate of drug-likeness (QED) is 0.861. The molecule has 1 aliphatic rings. The average Bonchev–Trinajstić information content (AvgIpc) is 2.90. The van der Waals surface area contributed by atoms with Gasteiger partial charge in [-0.05, 0) is 32.6 Å². The van der Waals surface area contributed by atoms with E-state index in [0.717, 1.165) is 30.3 Å². The Morgan fingerprint density at radius 1 is 1.63 bits per heavy atom. The predicted molar refractivity (Wildman–Crippen MR) is 79.5 cm³/mol. The number of aromatic nitrogens is 1. The lowest BCUT2D eigenvalue weighted by Gasteiger charge is -2.32. The Labute approximate surface area is 118 Å². The molecule has 19 heavy (non-hydrogen) atoms. The monoisotopic (exact) mass is 279 g/mol. The van der Waals surface area contributed by atoms with Gasteiger partial charge in [-0.15, -0.1) is 11.3 Å². The van der Waals surface area contributed by atoms with E-state index in [0.29, 0.717) is 5.92 Å². The van der Waals surface area contributed by atoms with Crippen molar-refractivity contribution >= 4 is 22.4 Å². The zero-order chi connectivity index (χ0) is 13.7. The van der Waals surface area contributed by atoms with Gasteiger partial charge in [0.25, 0.3) is 0 Å². The smallest absolute Gasteiger partial charge is 0.243 e. The molecule has 0 aromatic carbocycles. The van der Waals surface area contributed by atoms with Crippen molar-refractivity contribution < 1.29 is 4.79 Å². The van der Waals surface area contributed by atoms with Crippen LogP contribution in [-0.4, -0.2) is 30.5 Å². The van der Waals surface area contributed by atoms with Gasteiger partial charge in [-0.1, -0.05) is 5.57 Å². The number of carbonyl (C=O) groups is 1. The van der Waals surface area contributed by atoms with Gasteiger partial charge in [0.2, 0.25) is 5.91 Å². The molecule has 104 valence electrons. The standard InChI is InChI=1S/C14H21N3OS/c1-11(2)8-13(18)16-9-12-4-3-6-17(10-12)14-15-5-7-19-14/h5,7-8,12H,3-4,6,9-10H2,1-2H3,(H,16,18). The zero-order valence-corrected chi connectivity index (χ0v) is 12.4. The van der Waals surface area contributed by atoms with Crippen molar-refractivity contribution in [3.63, 3.8) is 0 Å². The fourth-order valence-electron chi connectivity index (χ4n) is 2.34. The number of hydrogen-bond donors (Lipinski definition) is 1. The summed E-state index contributed by atoms with van der Waals surface area (Å²) >= 11 is 1.68. The van der Waals surface area contributed by atoms with E-state index in [4.69, 9.17) is 0 Å². The van der Waals surface area contributed by atoms with Gasteiger partial charge in [0.1, 0.15) is 0 Å². The lowest BCUT2D eigenvalue weighted by molar-refractivity contribution is -0.116. The summed E-state index contributed by atoms with van der Waals surface area (Å²) in [6.07, 6.45) is 5.85. The van der Waals surface area contributed by atoms with Crippen LogP contribution in [0.3, 0.4) is 0 Å². The van der Waals surface area contributed by atoms with Crippen LogP contribution in [0.2, 0.25) is 0 Å². The molecule has 4 nitrogen and oxygen atoms in total. The number of thiazole rings is 1. The molecule has 1 saturated heterocycles. The van der Waals surface area contributed by atoms with Crippen molar-refractivity contribution in [1.82, 2.24) is 10.3 Å². The third-order valence-corrected chi connectivity index (χ3v) is 4.03. The minimum atomic E-state index is 0.0198. The molecule has 0 spiro atoms. The lowest BCUT2D eigenvalue weighted by atomic mass is 9.98. The van der Waals surface area contributed by atoms with E-state index in [1.807, 2.05) is 25.4 Å². The highest BCUT2D eigenvalue weighted by Crippen LogP contribution is 2.24. The van der Waals surface area contributed by atoms with E-state index in [2.05, 4.69) is 15.2 Å². The van der Waals surface area contributed by atoms with Gasteiger partial charge in [-0.25, -0.2) is 4.98 Å². The minimum absolute atomic E-state index is 0.0198. The highest BCUT2D eigenvalue weighted by Gasteiger charge is 2.21. The van der Waals surface area contributed by atoms with Crippen molar-refractivity contribution in [1.29, 1.82) is 0 Å². The molecule has 0 saturated carbocycles. The molecule has 1 fully saturated rings. The molecule has 0 bridgehead atoms. The van der Waals surface area contributed by atoms with E-state index >= 15 is 0 Å². The number of hydrogen-bond acceptors (Lipinski definition) is 4. The molecule has 5 heteroatoms. The van der Waals surface area contributed by atoms with Crippen LogP contribution in [0.1, 0.15) is 26.7 Å². The first-order valence-corrected chi connectivity index (χ1v) is 7.60. The summed E-state index contributed by atoms with van der Waals surface area (Å²) in [5, 5.41) is 6.10. The van der Waals surface area contributed by atoms with E-state index < -0.39 is 0 Å². The molecule has 2 heterocycles. The molecular formula is C14H21N3OS. The molecule has 1 amide bonds. The maximum atomic E-state index is 11.6. The van der Waals surface area contributed by atoms with Crippen molar-refractivity contribution in [3.05, 3.63) is 23.2 Å². The summed E-state index contributed by atoms with van der Waals surface area (Å²) < 4.78 is 0. The average molecular weight is 279 g/mol. The Kier molecular flexibility index (Phi) is 4.96. The summed E-state index contributed by atoms with van der Waals surface area (Å²) in [7, 11) is 0. The van der Waals surface area contributed by atoms with Crippen LogP contribution in [0.15, 0.2) is 23.2 Å².